The van der Waals surface area contributed by atoms with E-state index in [2.05, 4.69) is 40.7 Å². The molecule has 0 aliphatic heterocycles. The van der Waals surface area contributed by atoms with Gasteiger partial charge < -0.3 is 4.74 Å². The van der Waals surface area contributed by atoms with Crippen LogP contribution in [0.1, 0.15) is 30.0 Å². The van der Waals surface area contributed by atoms with Gasteiger partial charge in [-0.1, -0.05) is 18.2 Å². The molecule has 0 spiro atoms. The first-order valence-corrected chi connectivity index (χ1v) is 6.99. The fraction of sp³-hybridized carbons (Fsp3) is 0.267. The standard InChI is InChI=1S/C15H16N2O2S/c1-15(2,20-12-7-5-4-6-8-12)14-16-9-11(10-17-14)13(18)19-3/h4-10H,1-3H3. The first kappa shape index (κ1) is 14.5. The molecule has 5 heteroatoms. The minimum Gasteiger partial charge on any atom is -0.465 e. The van der Waals surface area contributed by atoms with Crippen LogP contribution in [0, 0.1) is 0 Å². The van der Waals surface area contributed by atoms with Gasteiger partial charge in [-0.3, -0.25) is 0 Å². The first-order valence-electron chi connectivity index (χ1n) is 6.18. The lowest BCUT2D eigenvalue weighted by Crippen LogP contribution is -2.17. The third-order valence-corrected chi connectivity index (χ3v) is 3.93. The summed E-state index contributed by atoms with van der Waals surface area (Å²) in [7, 11) is 1.34. The number of carbonyl (C=O) groups is 1. The van der Waals surface area contributed by atoms with Gasteiger partial charge in [0.2, 0.25) is 0 Å². The monoisotopic (exact) mass is 288 g/mol. The number of hydrogen-bond donors (Lipinski definition) is 0. The molecule has 20 heavy (non-hydrogen) atoms. The van der Waals surface area contributed by atoms with Gasteiger partial charge in [-0.05, 0) is 26.0 Å². The Labute approximate surface area is 122 Å². The summed E-state index contributed by atoms with van der Waals surface area (Å²) in [6.45, 7) is 4.11. The summed E-state index contributed by atoms with van der Waals surface area (Å²) in [5.41, 5.74) is 0.358. The van der Waals surface area contributed by atoms with E-state index >= 15 is 0 Å². The van der Waals surface area contributed by atoms with Gasteiger partial charge in [0.05, 0.1) is 17.4 Å². The zero-order chi connectivity index (χ0) is 14.6. The maximum atomic E-state index is 11.4. The Kier molecular flexibility index (Phi) is 4.39. The smallest absolute Gasteiger partial charge is 0.341 e. The number of nitrogens with zero attached hydrogens (tertiary/aromatic N) is 2. The van der Waals surface area contributed by atoms with Crippen molar-refractivity contribution in [2.24, 2.45) is 0 Å². The van der Waals surface area contributed by atoms with Crippen LogP contribution in [0.4, 0.5) is 0 Å². The van der Waals surface area contributed by atoms with E-state index in [1.54, 1.807) is 11.8 Å². The number of ether oxygens (including phenoxy) is 1. The van der Waals surface area contributed by atoms with Crippen molar-refractivity contribution in [3.63, 3.8) is 0 Å². The lowest BCUT2D eigenvalue weighted by atomic mass is 10.2. The van der Waals surface area contributed by atoms with Gasteiger partial charge in [-0.2, -0.15) is 0 Å². The molecule has 1 heterocycles. The molecule has 0 radical (unpaired) electrons. The van der Waals surface area contributed by atoms with E-state index in [-0.39, 0.29) is 4.75 Å². The van der Waals surface area contributed by atoms with E-state index in [4.69, 9.17) is 0 Å². The SMILES string of the molecule is COC(=O)c1cnc(C(C)(C)Sc2ccccc2)nc1. The highest BCUT2D eigenvalue weighted by molar-refractivity contribution is 8.00. The second kappa shape index (κ2) is 6.05. The van der Waals surface area contributed by atoms with Crippen molar-refractivity contribution < 1.29 is 9.53 Å². The van der Waals surface area contributed by atoms with E-state index in [9.17, 15) is 4.79 Å². The average molecular weight is 288 g/mol. The van der Waals surface area contributed by atoms with Crippen LogP contribution < -0.4 is 0 Å². The fourth-order valence-corrected chi connectivity index (χ4v) is 2.77. The minimum absolute atomic E-state index is 0.282. The normalized spacial score (nSPS) is 11.2. The van der Waals surface area contributed by atoms with Crippen LogP contribution in [-0.2, 0) is 9.48 Å². The molecule has 0 saturated heterocycles. The Hall–Kier alpha value is -1.88. The molecule has 1 aromatic carbocycles. The third kappa shape index (κ3) is 3.36. The number of hydrogen-bond acceptors (Lipinski definition) is 5. The van der Waals surface area contributed by atoms with Gasteiger partial charge in [0, 0.05) is 17.3 Å². The first-order chi connectivity index (χ1) is 9.53. The molecule has 0 N–H and O–H groups in total. The Balaban J connectivity index is 2.19. The molecule has 0 aliphatic carbocycles. The number of thioether (sulfide) groups is 1. The van der Waals surface area contributed by atoms with E-state index < -0.39 is 5.97 Å². The number of rotatable bonds is 4. The predicted molar refractivity (Wildman–Crippen MR) is 78.7 cm³/mol. The third-order valence-electron chi connectivity index (χ3n) is 2.73. The van der Waals surface area contributed by atoms with E-state index in [1.165, 1.54) is 19.5 Å². The van der Waals surface area contributed by atoms with Crippen LogP contribution in [0.2, 0.25) is 0 Å². The minimum atomic E-state index is -0.426. The largest absolute Gasteiger partial charge is 0.465 e. The van der Waals surface area contributed by atoms with Crippen molar-refractivity contribution in [2.45, 2.75) is 23.5 Å². The zero-order valence-electron chi connectivity index (χ0n) is 11.7. The summed E-state index contributed by atoms with van der Waals surface area (Å²) < 4.78 is 4.35. The van der Waals surface area contributed by atoms with Crippen LogP contribution in [0.25, 0.3) is 0 Å². The molecule has 4 nitrogen and oxygen atoms in total. The molecule has 0 unspecified atom stereocenters. The molecule has 104 valence electrons. The average Bonchev–Trinajstić information content (AvgIpc) is 2.47. The van der Waals surface area contributed by atoms with Gasteiger partial charge in [0.25, 0.3) is 0 Å². The van der Waals surface area contributed by atoms with Crippen molar-refractivity contribution in [1.82, 2.24) is 9.97 Å². The molecule has 0 amide bonds. The van der Waals surface area contributed by atoms with Crippen LogP contribution in [-0.4, -0.2) is 23.0 Å². The lowest BCUT2D eigenvalue weighted by molar-refractivity contribution is 0.0599. The quantitative estimate of drug-likeness (QED) is 0.638. The van der Waals surface area contributed by atoms with Gasteiger partial charge in [-0.15, -0.1) is 11.8 Å². The van der Waals surface area contributed by atoms with E-state index in [0.717, 1.165) is 4.90 Å². The van der Waals surface area contributed by atoms with Gasteiger partial charge >= 0.3 is 5.97 Å². The molecule has 0 aliphatic rings. The number of carbonyl (C=O) groups excluding carboxylic acids is 1. The highest BCUT2D eigenvalue weighted by Gasteiger charge is 2.25. The number of aromatic nitrogens is 2. The second-order valence-corrected chi connectivity index (χ2v) is 6.41. The van der Waals surface area contributed by atoms with E-state index in [1.807, 2.05) is 18.2 Å². The molecule has 1 aromatic heterocycles. The topological polar surface area (TPSA) is 52.1 Å². The Morgan fingerprint density at radius 2 is 1.75 bits per heavy atom. The molecule has 2 rings (SSSR count). The van der Waals surface area contributed by atoms with Crippen molar-refractivity contribution in [3.8, 4) is 0 Å². The van der Waals surface area contributed by atoms with Crippen LogP contribution in [0.5, 0.6) is 0 Å². The van der Waals surface area contributed by atoms with Crippen LogP contribution in [0.3, 0.4) is 0 Å². The van der Waals surface area contributed by atoms with Crippen LogP contribution in [0.15, 0.2) is 47.6 Å². The Morgan fingerprint density at radius 1 is 1.15 bits per heavy atom. The maximum Gasteiger partial charge on any atom is 0.341 e. The van der Waals surface area contributed by atoms with E-state index in [0.29, 0.717) is 11.4 Å². The molecule has 0 atom stereocenters. The van der Waals surface area contributed by atoms with Crippen LogP contribution >= 0.6 is 11.8 Å². The molecule has 0 saturated carbocycles. The van der Waals surface area contributed by atoms with Gasteiger partial charge in [0.15, 0.2) is 0 Å². The number of methoxy groups -OCH3 is 1. The number of esters is 1. The molecule has 0 fully saturated rings. The van der Waals surface area contributed by atoms with Crippen molar-refractivity contribution in [2.75, 3.05) is 7.11 Å². The Morgan fingerprint density at radius 3 is 2.30 bits per heavy atom. The summed E-state index contributed by atoms with van der Waals surface area (Å²) in [5.74, 6) is 0.254. The second-order valence-electron chi connectivity index (χ2n) is 4.71. The summed E-state index contributed by atoms with van der Waals surface area (Å²) in [6.07, 6.45) is 3.00. The zero-order valence-corrected chi connectivity index (χ0v) is 12.5. The summed E-state index contributed by atoms with van der Waals surface area (Å²) in [5, 5.41) is 0. The molecule has 2 aromatic rings. The molecular formula is C15H16N2O2S. The molecular weight excluding hydrogens is 272 g/mol. The number of benzene rings is 1. The van der Waals surface area contributed by atoms with Gasteiger partial charge in [0.1, 0.15) is 5.82 Å². The maximum absolute atomic E-state index is 11.4. The van der Waals surface area contributed by atoms with Crippen molar-refractivity contribution in [1.29, 1.82) is 0 Å². The van der Waals surface area contributed by atoms with Gasteiger partial charge in [-0.25, -0.2) is 14.8 Å². The highest BCUT2D eigenvalue weighted by atomic mass is 32.2. The molecule has 0 bridgehead atoms. The van der Waals surface area contributed by atoms with Crippen molar-refractivity contribution >= 4 is 17.7 Å². The fourth-order valence-electron chi connectivity index (χ4n) is 1.69. The summed E-state index contributed by atoms with van der Waals surface area (Å²) >= 11 is 1.68. The summed E-state index contributed by atoms with van der Waals surface area (Å²) in [6, 6.07) is 10.1. The summed E-state index contributed by atoms with van der Waals surface area (Å²) in [4.78, 5) is 21.1. The predicted octanol–water partition coefficient (Wildman–Crippen LogP) is 3.29. The highest BCUT2D eigenvalue weighted by Crippen LogP contribution is 2.38. The van der Waals surface area contributed by atoms with Crippen molar-refractivity contribution in [3.05, 3.63) is 54.1 Å². The lowest BCUT2D eigenvalue weighted by Gasteiger charge is -2.22. The Bertz CT molecular complexity index is 583.